The predicted octanol–water partition coefficient (Wildman–Crippen LogP) is 2.27. The predicted molar refractivity (Wildman–Crippen MR) is 130 cm³/mol. The van der Waals surface area contributed by atoms with E-state index in [1.165, 1.54) is 25.3 Å². The molecule has 1 atom stereocenters. The number of nitrogens with one attached hydrogen (secondary N) is 1. The van der Waals surface area contributed by atoms with E-state index in [9.17, 15) is 14.0 Å². The molecular weight excluding hydrogens is 423 g/mol. The second-order valence-electron chi connectivity index (χ2n) is 7.57. The highest BCUT2D eigenvalue weighted by Gasteiger charge is 2.22. The van der Waals surface area contributed by atoms with Gasteiger partial charge in [0, 0.05) is 57.5 Å². The van der Waals surface area contributed by atoms with Crippen molar-refractivity contribution in [3.8, 4) is 0 Å². The fourth-order valence-corrected chi connectivity index (χ4v) is 3.38. The molecule has 1 fully saturated rings. The van der Waals surface area contributed by atoms with E-state index in [1.807, 2.05) is 17.9 Å². The van der Waals surface area contributed by atoms with Crippen LogP contribution >= 0.6 is 0 Å². The largest absolute Gasteiger partial charge is 0.343 e. The Bertz CT molecular complexity index is 881. The molecule has 2 rings (SSSR count). The van der Waals surface area contributed by atoms with Crippen LogP contribution in [0.25, 0.3) is 0 Å². The van der Waals surface area contributed by atoms with Crippen LogP contribution in [0.3, 0.4) is 0 Å². The second kappa shape index (κ2) is 13.3. The summed E-state index contributed by atoms with van der Waals surface area (Å²) in [7, 11) is 0. The number of carbonyl (C=O) groups excluding carboxylic acids is 2. The number of hydrogen-bond acceptors (Lipinski definition) is 5. The Morgan fingerprint density at radius 3 is 2.61 bits per heavy atom. The number of carbonyl (C=O) groups is 2. The van der Waals surface area contributed by atoms with Crippen molar-refractivity contribution >= 4 is 23.9 Å². The third kappa shape index (κ3) is 8.27. The summed E-state index contributed by atoms with van der Waals surface area (Å²) in [6, 6.07) is 0. The van der Waals surface area contributed by atoms with Gasteiger partial charge in [0.15, 0.2) is 0 Å². The van der Waals surface area contributed by atoms with Crippen LogP contribution in [-0.4, -0.2) is 84.5 Å². The molecule has 2 amide bonds. The number of rotatable bonds is 9. The lowest BCUT2D eigenvalue weighted by atomic mass is 10.1. The van der Waals surface area contributed by atoms with Gasteiger partial charge in [0.2, 0.25) is 11.8 Å². The highest BCUT2D eigenvalue weighted by atomic mass is 19.1. The Kier molecular flexibility index (Phi) is 10.4. The third-order valence-electron chi connectivity index (χ3n) is 5.32. The molecule has 8 nitrogen and oxygen atoms in total. The first-order valence-electron chi connectivity index (χ1n) is 11.0. The number of nitrogens with zero attached hydrogens (tertiary/aromatic N) is 5. The van der Waals surface area contributed by atoms with E-state index in [0.29, 0.717) is 50.9 Å². The molecule has 1 N–H and O–H groups in total. The summed E-state index contributed by atoms with van der Waals surface area (Å²) in [5, 5.41) is 3.15. The van der Waals surface area contributed by atoms with E-state index in [0.717, 1.165) is 0 Å². The number of amidine groups is 1. The Morgan fingerprint density at radius 1 is 1.27 bits per heavy atom. The highest BCUT2D eigenvalue weighted by molar-refractivity contribution is 6.29. The molecule has 0 aromatic rings. The van der Waals surface area contributed by atoms with Gasteiger partial charge in [-0.15, -0.1) is 0 Å². The van der Waals surface area contributed by atoms with E-state index in [4.69, 9.17) is 0 Å². The van der Waals surface area contributed by atoms with Crippen LogP contribution < -0.4 is 5.32 Å². The van der Waals surface area contributed by atoms with Crippen LogP contribution in [0.1, 0.15) is 13.8 Å². The molecule has 1 saturated heterocycles. The molecule has 178 valence electrons. The number of amides is 2. The number of piperazine rings is 1. The molecule has 0 bridgehead atoms. The summed E-state index contributed by atoms with van der Waals surface area (Å²) >= 11 is 0. The summed E-state index contributed by atoms with van der Waals surface area (Å²) in [6.07, 6.45) is 11.0. The number of allylic oxidation sites excluding steroid dienone is 5. The highest BCUT2D eigenvalue weighted by Crippen LogP contribution is 2.20. The van der Waals surface area contributed by atoms with Gasteiger partial charge >= 0.3 is 0 Å². The standard InChI is InChI=1S/C24H33FN6O2/c1-5-26-16-23(28-19(3)21-9-7-8-10-22(25)15-21)29(6-2)18-27-17-24(33)31-13-11-30(12-14-31)20(4)32/h5,7-10,15-16,21,27H,1,3,6,11-14,17-18H2,2,4H3. The van der Waals surface area contributed by atoms with Gasteiger partial charge < -0.3 is 14.7 Å². The van der Waals surface area contributed by atoms with Crippen molar-refractivity contribution in [3.63, 3.8) is 0 Å². The quantitative estimate of drug-likeness (QED) is 0.328. The summed E-state index contributed by atoms with van der Waals surface area (Å²) in [4.78, 5) is 38.0. The maximum Gasteiger partial charge on any atom is 0.236 e. The molecular formula is C24H33FN6O2. The maximum atomic E-state index is 13.8. The molecule has 0 spiro atoms. The molecule has 9 heteroatoms. The average Bonchev–Trinajstić information content (AvgIpc) is 3.04. The van der Waals surface area contributed by atoms with Crippen LogP contribution in [0.5, 0.6) is 0 Å². The Labute approximate surface area is 195 Å². The fourth-order valence-electron chi connectivity index (χ4n) is 3.38. The monoisotopic (exact) mass is 456 g/mol. The molecule has 33 heavy (non-hydrogen) atoms. The first kappa shape index (κ1) is 25.9. The van der Waals surface area contributed by atoms with E-state index in [1.54, 1.807) is 28.2 Å². The van der Waals surface area contributed by atoms with Crippen molar-refractivity contribution in [2.75, 3.05) is 45.9 Å². The van der Waals surface area contributed by atoms with Gasteiger partial charge in [0.25, 0.3) is 0 Å². The number of hydrogen-bond donors (Lipinski definition) is 1. The maximum absolute atomic E-state index is 13.8. The van der Waals surface area contributed by atoms with Gasteiger partial charge in [-0.1, -0.05) is 31.4 Å². The van der Waals surface area contributed by atoms with Gasteiger partial charge in [0.05, 0.1) is 19.4 Å². The van der Waals surface area contributed by atoms with E-state index < -0.39 is 0 Å². The topological polar surface area (TPSA) is 80.6 Å². The van der Waals surface area contributed by atoms with Gasteiger partial charge in [-0.2, -0.15) is 0 Å². The lowest BCUT2D eigenvalue weighted by Gasteiger charge is -2.34. The zero-order valence-electron chi connectivity index (χ0n) is 19.4. The van der Waals surface area contributed by atoms with Crippen LogP contribution in [0.2, 0.25) is 0 Å². The molecule has 1 aliphatic heterocycles. The minimum Gasteiger partial charge on any atom is -0.343 e. The lowest BCUT2D eigenvalue weighted by Crippen LogP contribution is -2.52. The molecule has 0 radical (unpaired) electrons. The van der Waals surface area contributed by atoms with Crippen LogP contribution in [0.4, 0.5) is 4.39 Å². The minimum atomic E-state index is -0.381. The van der Waals surface area contributed by atoms with Crippen molar-refractivity contribution in [3.05, 3.63) is 61.3 Å². The fraction of sp³-hybridized carbons (Fsp3) is 0.417. The zero-order chi connectivity index (χ0) is 24.2. The van der Waals surface area contributed by atoms with E-state index >= 15 is 0 Å². The first-order chi connectivity index (χ1) is 15.8. The van der Waals surface area contributed by atoms with E-state index in [-0.39, 0.29) is 30.1 Å². The van der Waals surface area contributed by atoms with Crippen molar-refractivity contribution < 1.29 is 14.0 Å². The average molecular weight is 457 g/mol. The normalized spacial score (nSPS) is 18.8. The first-order valence-corrected chi connectivity index (χ1v) is 11.0. The van der Waals surface area contributed by atoms with Gasteiger partial charge in [-0.3, -0.25) is 19.9 Å². The van der Waals surface area contributed by atoms with Gasteiger partial charge in [0.1, 0.15) is 11.7 Å². The summed E-state index contributed by atoms with van der Waals surface area (Å²) in [5.41, 5.74) is 0.466. The molecule has 1 aliphatic carbocycles. The SMILES string of the molecule is C=CN=CC(=NC(=C)C1C=CC=CC(F)=C1)N(CC)CNCC(=O)N1CCN(C(C)=O)CC1. The Balaban J connectivity index is 1.98. The minimum absolute atomic E-state index is 0.0198. The van der Waals surface area contributed by atoms with Crippen molar-refractivity contribution in [2.24, 2.45) is 15.9 Å². The van der Waals surface area contributed by atoms with Gasteiger partial charge in [-0.25, -0.2) is 9.38 Å². The second-order valence-corrected chi connectivity index (χ2v) is 7.57. The molecule has 0 aromatic carbocycles. The number of halogens is 1. The van der Waals surface area contributed by atoms with Crippen LogP contribution in [0, 0.1) is 5.92 Å². The number of aliphatic imine (C=N–C) groups is 2. The lowest BCUT2D eigenvalue weighted by molar-refractivity contribution is -0.137. The molecule has 0 aromatic heterocycles. The zero-order valence-corrected chi connectivity index (χ0v) is 19.4. The Morgan fingerprint density at radius 2 is 1.97 bits per heavy atom. The summed E-state index contributed by atoms with van der Waals surface area (Å²) in [5.74, 6) is -0.193. The van der Waals surface area contributed by atoms with Crippen molar-refractivity contribution in [1.82, 2.24) is 20.0 Å². The van der Waals surface area contributed by atoms with Crippen LogP contribution in [-0.2, 0) is 9.59 Å². The third-order valence-corrected chi connectivity index (χ3v) is 5.32. The van der Waals surface area contributed by atoms with Crippen LogP contribution in [0.15, 0.2) is 71.2 Å². The molecule has 2 aliphatic rings. The smallest absolute Gasteiger partial charge is 0.236 e. The molecule has 1 heterocycles. The van der Waals surface area contributed by atoms with Crippen molar-refractivity contribution in [2.45, 2.75) is 13.8 Å². The Hall–Kier alpha value is -3.33. The summed E-state index contributed by atoms with van der Waals surface area (Å²) in [6.45, 7) is 14.4. The van der Waals surface area contributed by atoms with E-state index in [2.05, 4.69) is 28.5 Å². The summed E-state index contributed by atoms with van der Waals surface area (Å²) < 4.78 is 13.8. The van der Waals surface area contributed by atoms with Gasteiger partial charge in [-0.05, 0) is 19.1 Å². The van der Waals surface area contributed by atoms with Crippen molar-refractivity contribution in [1.29, 1.82) is 0 Å². The molecule has 1 unspecified atom stereocenters. The molecule has 0 saturated carbocycles.